The quantitative estimate of drug-likeness (QED) is 0.892. The zero-order valence-corrected chi connectivity index (χ0v) is 14.6. The summed E-state index contributed by atoms with van der Waals surface area (Å²) in [5, 5.41) is 8.98. The van der Waals surface area contributed by atoms with Crippen molar-refractivity contribution in [2.45, 2.75) is 32.4 Å². The van der Waals surface area contributed by atoms with Crippen molar-refractivity contribution in [3.63, 3.8) is 0 Å². The molecule has 6 heteroatoms. The highest BCUT2D eigenvalue weighted by Crippen LogP contribution is 2.52. The molecule has 2 aromatic rings. The molecule has 0 radical (unpaired) electrons. The Hall–Kier alpha value is -1.92. The maximum atomic E-state index is 12.4. The SMILES string of the molecule is CC1(C)[C@H](NC(=O)Nc2cccc(-c3nccs3)c2)[C@H]2CCO[C@H]21. The second kappa shape index (κ2) is 5.86. The fourth-order valence-electron chi connectivity index (χ4n) is 4.02. The van der Waals surface area contributed by atoms with E-state index in [0.29, 0.717) is 5.92 Å². The largest absolute Gasteiger partial charge is 0.377 e. The van der Waals surface area contributed by atoms with Gasteiger partial charge in [-0.1, -0.05) is 26.0 Å². The predicted octanol–water partition coefficient (Wildman–Crippen LogP) is 3.75. The van der Waals surface area contributed by atoms with E-state index in [0.717, 1.165) is 29.3 Å². The number of hydrogen-bond acceptors (Lipinski definition) is 4. The van der Waals surface area contributed by atoms with Crippen LogP contribution in [0.2, 0.25) is 0 Å². The van der Waals surface area contributed by atoms with Crippen molar-refractivity contribution < 1.29 is 9.53 Å². The Morgan fingerprint density at radius 2 is 2.29 bits per heavy atom. The molecule has 126 valence electrons. The highest BCUT2D eigenvalue weighted by molar-refractivity contribution is 7.13. The molecule has 2 heterocycles. The van der Waals surface area contributed by atoms with Crippen LogP contribution in [0.3, 0.4) is 0 Å². The minimum atomic E-state index is -0.158. The van der Waals surface area contributed by atoms with Gasteiger partial charge in [0.05, 0.1) is 6.10 Å². The minimum absolute atomic E-state index is 0.0127. The smallest absolute Gasteiger partial charge is 0.319 e. The van der Waals surface area contributed by atoms with Crippen molar-refractivity contribution in [1.29, 1.82) is 0 Å². The first-order chi connectivity index (χ1) is 11.6. The van der Waals surface area contributed by atoms with Gasteiger partial charge in [0.2, 0.25) is 0 Å². The molecule has 1 aliphatic heterocycles. The molecule has 0 spiro atoms. The first kappa shape index (κ1) is 15.6. The van der Waals surface area contributed by atoms with Crippen LogP contribution in [-0.2, 0) is 4.74 Å². The Balaban J connectivity index is 1.43. The van der Waals surface area contributed by atoms with Gasteiger partial charge in [0, 0.05) is 46.8 Å². The van der Waals surface area contributed by atoms with Gasteiger partial charge in [-0.15, -0.1) is 11.3 Å². The van der Waals surface area contributed by atoms with Gasteiger partial charge in [0.15, 0.2) is 0 Å². The molecule has 5 nitrogen and oxygen atoms in total. The number of anilines is 1. The van der Waals surface area contributed by atoms with E-state index in [9.17, 15) is 4.79 Å². The monoisotopic (exact) mass is 343 g/mol. The summed E-state index contributed by atoms with van der Waals surface area (Å²) < 4.78 is 5.78. The first-order valence-electron chi connectivity index (χ1n) is 8.25. The number of fused-ring (bicyclic) bond motifs is 1. The lowest BCUT2D eigenvalue weighted by Gasteiger charge is -2.54. The molecule has 24 heavy (non-hydrogen) atoms. The van der Waals surface area contributed by atoms with Gasteiger partial charge in [-0.3, -0.25) is 0 Å². The van der Waals surface area contributed by atoms with Gasteiger partial charge in [0.25, 0.3) is 0 Å². The molecule has 2 N–H and O–H groups in total. The summed E-state index contributed by atoms with van der Waals surface area (Å²) >= 11 is 1.58. The lowest BCUT2D eigenvalue weighted by molar-refractivity contribution is -0.107. The number of urea groups is 1. The molecule has 0 bridgehead atoms. The van der Waals surface area contributed by atoms with Crippen LogP contribution in [-0.4, -0.2) is 29.8 Å². The molecule has 4 rings (SSSR count). The molecule has 1 aromatic heterocycles. The fourth-order valence-corrected chi connectivity index (χ4v) is 4.66. The highest BCUT2D eigenvalue weighted by atomic mass is 32.1. The summed E-state index contributed by atoms with van der Waals surface area (Å²) in [6.45, 7) is 5.12. The predicted molar refractivity (Wildman–Crippen MR) is 95.1 cm³/mol. The summed E-state index contributed by atoms with van der Waals surface area (Å²) in [7, 11) is 0. The molecule has 1 aliphatic carbocycles. The number of nitrogens with zero attached hydrogens (tertiary/aromatic N) is 1. The summed E-state index contributed by atoms with van der Waals surface area (Å²) in [5.74, 6) is 0.437. The van der Waals surface area contributed by atoms with Crippen LogP contribution in [0.5, 0.6) is 0 Å². The topological polar surface area (TPSA) is 63.2 Å². The summed E-state index contributed by atoms with van der Waals surface area (Å²) in [6, 6.07) is 7.77. The molecule has 0 unspecified atom stereocenters. The number of amides is 2. The number of carbonyl (C=O) groups is 1. The van der Waals surface area contributed by atoms with E-state index in [4.69, 9.17) is 4.74 Å². The Morgan fingerprint density at radius 3 is 3.08 bits per heavy atom. The zero-order chi connectivity index (χ0) is 16.7. The second-order valence-electron chi connectivity index (χ2n) is 7.06. The van der Waals surface area contributed by atoms with Crippen molar-refractivity contribution in [2.24, 2.45) is 11.3 Å². The van der Waals surface area contributed by atoms with Crippen LogP contribution < -0.4 is 10.6 Å². The van der Waals surface area contributed by atoms with E-state index >= 15 is 0 Å². The van der Waals surface area contributed by atoms with Crippen molar-refractivity contribution >= 4 is 23.1 Å². The van der Waals surface area contributed by atoms with E-state index in [1.807, 2.05) is 29.6 Å². The van der Waals surface area contributed by atoms with Crippen LogP contribution in [0.25, 0.3) is 10.6 Å². The van der Waals surface area contributed by atoms with Crippen molar-refractivity contribution in [1.82, 2.24) is 10.3 Å². The number of rotatable bonds is 3. The standard InChI is InChI=1S/C18H21N3O2S/c1-18(2)14(13-6-8-23-15(13)18)21-17(22)20-12-5-3-4-11(10-12)16-19-7-9-24-16/h3-5,7,9-10,13-15H,6,8H2,1-2H3,(H2,20,21,22)/t13-,14-,15-/m1/s1. The molecular formula is C18H21N3O2S. The molecule has 2 aliphatic rings. The van der Waals surface area contributed by atoms with Gasteiger partial charge >= 0.3 is 6.03 Å². The highest BCUT2D eigenvalue weighted by Gasteiger charge is 2.59. The molecule has 1 saturated carbocycles. The van der Waals surface area contributed by atoms with Gasteiger partial charge in [-0.05, 0) is 18.6 Å². The lowest BCUT2D eigenvalue weighted by atomic mass is 9.57. The van der Waals surface area contributed by atoms with Gasteiger partial charge in [-0.25, -0.2) is 9.78 Å². The Labute approximate surface area is 145 Å². The summed E-state index contributed by atoms with van der Waals surface area (Å²) in [4.78, 5) is 16.7. The Kier molecular flexibility index (Phi) is 3.81. The van der Waals surface area contributed by atoms with Crippen LogP contribution >= 0.6 is 11.3 Å². The third kappa shape index (κ3) is 2.59. The number of benzene rings is 1. The zero-order valence-electron chi connectivity index (χ0n) is 13.8. The molecule has 2 fully saturated rings. The van der Waals surface area contributed by atoms with E-state index in [-0.39, 0.29) is 23.6 Å². The van der Waals surface area contributed by atoms with Gasteiger partial charge in [0.1, 0.15) is 5.01 Å². The number of ether oxygens (including phenoxy) is 1. The van der Waals surface area contributed by atoms with Crippen LogP contribution in [0.4, 0.5) is 10.5 Å². The summed E-state index contributed by atoms with van der Waals surface area (Å²) in [6.07, 6.45) is 3.08. The average molecular weight is 343 g/mol. The fraction of sp³-hybridized carbons (Fsp3) is 0.444. The van der Waals surface area contributed by atoms with E-state index in [1.165, 1.54) is 0 Å². The number of nitrogens with one attached hydrogen (secondary N) is 2. The van der Waals surface area contributed by atoms with Gasteiger partial charge in [-0.2, -0.15) is 0 Å². The van der Waals surface area contributed by atoms with Crippen molar-refractivity contribution in [3.8, 4) is 10.6 Å². The maximum Gasteiger partial charge on any atom is 0.319 e. The lowest BCUT2D eigenvalue weighted by Crippen LogP contribution is -2.67. The molecule has 2 amide bonds. The van der Waals surface area contributed by atoms with Crippen LogP contribution in [0, 0.1) is 11.3 Å². The number of thiazole rings is 1. The first-order valence-corrected chi connectivity index (χ1v) is 9.13. The van der Waals surface area contributed by atoms with Crippen molar-refractivity contribution in [3.05, 3.63) is 35.8 Å². The van der Waals surface area contributed by atoms with E-state index in [2.05, 4.69) is 29.5 Å². The second-order valence-corrected chi connectivity index (χ2v) is 7.95. The average Bonchev–Trinajstić information content (AvgIpc) is 3.23. The molecule has 3 atom stereocenters. The number of hydrogen-bond donors (Lipinski definition) is 2. The normalized spacial score (nSPS) is 27.2. The maximum absolute atomic E-state index is 12.4. The van der Waals surface area contributed by atoms with Crippen LogP contribution in [0.1, 0.15) is 20.3 Å². The number of aromatic nitrogens is 1. The summed E-state index contributed by atoms with van der Waals surface area (Å²) in [5.41, 5.74) is 1.77. The van der Waals surface area contributed by atoms with Crippen LogP contribution in [0.15, 0.2) is 35.8 Å². The molecule has 1 aromatic carbocycles. The molecular weight excluding hydrogens is 322 g/mol. The Morgan fingerprint density at radius 1 is 1.42 bits per heavy atom. The Bertz CT molecular complexity index is 744. The third-order valence-corrected chi connectivity index (χ3v) is 6.01. The molecule has 1 saturated heterocycles. The third-order valence-electron chi connectivity index (χ3n) is 5.19. The van der Waals surface area contributed by atoms with E-state index < -0.39 is 0 Å². The van der Waals surface area contributed by atoms with E-state index in [1.54, 1.807) is 17.5 Å². The van der Waals surface area contributed by atoms with Gasteiger partial charge < -0.3 is 15.4 Å². The number of carbonyl (C=O) groups excluding carboxylic acids is 1. The van der Waals surface area contributed by atoms with Crippen molar-refractivity contribution in [2.75, 3.05) is 11.9 Å². The minimum Gasteiger partial charge on any atom is -0.377 e.